The van der Waals surface area contributed by atoms with Crippen LogP contribution in [0.5, 0.6) is 0 Å². The summed E-state index contributed by atoms with van der Waals surface area (Å²) in [5.74, 6) is -1.20. The van der Waals surface area contributed by atoms with Crippen LogP contribution < -0.4 is 10.6 Å². The van der Waals surface area contributed by atoms with Crippen LogP contribution in [-0.4, -0.2) is 36.1 Å². The topological polar surface area (TPSA) is 110 Å². The summed E-state index contributed by atoms with van der Waals surface area (Å²) >= 11 is 0. The smallest absolute Gasteiger partial charge is 0.412 e. The Balaban J connectivity index is 1.68. The van der Waals surface area contributed by atoms with Gasteiger partial charge in [0.15, 0.2) is 0 Å². The molecule has 8 nitrogen and oxygen atoms in total. The van der Waals surface area contributed by atoms with Crippen LogP contribution in [0.4, 0.5) is 4.79 Å². The number of esters is 1. The number of fused-ring (bicyclic) bond motifs is 1. The van der Waals surface area contributed by atoms with Gasteiger partial charge in [0.1, 0.15) is 18.3 Å². The molecule has 8 heteroatoms. The first kappa shape index (κ1) is 23.6. The van der Waals surface area contributed by atoms with E-state index in [-0.39, 0.29) is 18.7 Å². The van der Waals surface area contributed by atoms with Crippen LogP contribution in [0.15, 0.2) is 72.1 Å². The minimum atomic E-state index is -0.946. The molecule has 0 spiro atoms. The van der Waals surface area contributed by atoms with Crippen LogP contribution in [0.1, 0.15) is 25.0 Å². The van der Waals surface area contributed by atoms with E-state index in [4.69, 9.17) is 9.47 Å². The van der Waals surface area contributed by atoms with E-state index in [1.54, 1.807) is 20.0 Å². The third kappa shape index (κ3) is 6.22. The first-order valence-electron chi connectivity index (χ1n) is 10.5. The number of allylic oxidation sites excluding steroid dienone is 1. The van der Waals surface area contributed by atoms with Crippen molar-refractivity contribution in [2.75, 3.05) is 7.11 Å². The molecule has 3 rings (SSSR count). The second-order valence-corrected chi connectivity index (χ2v) is 7.67. The maximum Gasteiger partial charge on any atom is 0.412 e. The Morgan fingerprint density at radius 3 is 2.39 bits per heavy atom. The molecule has 0 aliphatic carbocycles. The van der Waals surface area contributed by atoms with Crippen molar-refractivity contribution in [3.05, 3.63) is 83.2 Å². The lowest BCUT2D eigenvalue weighted by molar-refractivity contribution is -0.144. The lowest BCUT2D eigenvalue weighted by atomic mass is 10.0. The molecule has 0 fully saturated rings. The zero-order chi connectivity index (χ0) is 23.8. The average Bonchev–Trinajstić information content (AvgIpc) is 3.23. The average molecular weight is 450 g/mol. The molecule has 0 bridgehead atoms. The van der Waals surface area contributed by atoms with E-state index >= 15 is 0 Å². The molecule has 1 heterocycles. The molecule has 0 saturated heterocycles. The number of amides is 2. The van der Waals surface area contributed by atoms with E-state index in [9.17, 15) is 14.4 Å². The lowest BCUT2D eigenvalue weighted by Gasteiger charge is -2.18. The van der Waals surface area contributed by atoms with E-state index in [0.717, 1.165) is 22.0 Å². The number of nitrogens with one attached hydrogen (secondary N) is 3. The number of hydrogen-bond acceptors (Lipinski definition) is 5. The summed E-state index contributed by atoms with van der Waals surface area (Å²) in [4.78, 5) is 40.8. The Morgan fingerprint density at radius 2 is 1.70 bits per heavy atom. The van der Waals surface area contributed by atoms with E-state index in [0.29, 0.717) is 5.57 Å². The van der Waals surface area contributed by atoms with E-state index < -0.39 is 24.0 Å². The summed E-state index contributed by atoms with van der Waals surface area (Å²) in [6.07, 6.45) is 1.25. The van der Waals surface area contributed by atoms with Gasteiger partial charge in [0.2, 0.25) is 0 Å². The Labute approximate surface area is 192 Å². The van der Waals surface area contributed by atoms with Crippen LogP contribution in [0.2, 0.25) is 0 Å². The summed E-state index contributed by atoms with van der Waals surface area (Å²) in [5, 5.41) is 6.11. The largest absolute Gasteiger partial charge is 0.467 e. The van der Waals surface area contributed by atoms with Crippen molar-refractivity contribution in [1.29, 1.82) is 0 Å². The maximum absolute atomic E-state index is 13.0. The molecule has 172 valence electrons. The predicted octanol–water partition coefficient (Wildman–Crippen LogP) is 3.59. The number of carbonyl (C=O) groups excluding carboxylic acids is 3. The van der Waals surface area contributed by atoms with Gasteiger partial charge in [-0.15, -0.1) is 0 Å². The van der Waals surface area contributed by atoms with Gasteiger partial charge in [0.25, 0.3) is 5.91 Å². The van der Waals surface area contributed by atoms with E-state index in [1.807, 2.05) is 54.6 Å². The van der Waals surface area contributed by atoms with Crippen LogP contribution in [0, 0.1) is 0 Å². The fourth-order valence-electron chi connectivity index (χ4n) is 3.36. The summed E-state index contributed by atoms with van der Waals surface area (Å²) in [7, 11) is 1.26. The molecule has 2 aromatic carbocycles. The van der Waals surface area contributed by atoms with Crippen molar-refractivity contribution < 1.29 is 23.9 Å². The second kappa shape index (κ2) is 11.0. The van der Waals surface area contributed by atoms with Crippen molar-refractivity contribution in [3.8, 4) is 0 Å². The van der Waals surface area contributed by atoms with Gasteiger partial charge in [-0.1, -0.05) is 48.5 Å². The maximum atomic E-state index is 13.0. The molecule has 0 aliphatic rings. The van der Waals surface area contributed by atoms with Gasteiger partial charge in [-0.2, -0.15) is 0 Å². The van der Waals surface area contributed by atoms with Gasteiger partial charge < -0.3 is 19.8 Å². The van der Waals surface area contributed by atoms with E-state index in [1.165, 1.54) is 7.11 Å². The summed E-state index contributed by atoms with van der Waals surface area (Å²) in [6, 6.07) is 15.9. The van der Waals surface area contributed by atoms with Gasteiger partial charge in [-0.3, -0.25) is 10.1 Å². The van der Waals surface area contributed by atoms with Gasteiger partial charge in [0.05, 0.1) is 7.11 Å². The zero-order valence-electron chi connectivity index (χ0n) is 18.8. The fraction of sp³-hybridized carbons (Fsp3) is 0.240. The molecule has 3 aromatic rings. The third-order valence-corrected chi connectivity index (χ3v) is 5.06. The highest BCUT2D eigenvalue weighted by Crippen LogP contribution is 2.19. The van der Waals surface area contributed by atoms with Crippen LogP contribution in [0.3, 0.4) is 0 Å². The number of carbonyl (C=O) groups is 3. The number of aromatic amines is 1. The van der Waals surface area contributed by atoms with Crippen molar-refractivity contribution in [1.82, 2.24) is 15.6 Å². The number of rotatable bonds is 8. The second-order valence-electron chi connectivity index (χ2n) is 7.67. The molecule has 0 saturated carbocycles. The minimum Gasteiger partial charge on any atom is -0.467 e. The predicted molar refractivity (Wildman–Crippen MR) is 124 cm³/mol. The minimum absolute atomic E-state index is 0.0147. The Kier molecular flexibility index (Phi) is 7.86. The molecule has 1 aromatic heterocycles. The number of H-pyrrole nitrogens is 1. The quantitative estimate of drug-likeness (QED) is 0.360. The molecule has 0 unspecified atom stereocenters. The molecule has 1 atom stereocenters. The fourth-order valence-corrected chi connectivity index (χ4v) is 3.36. The molecular weight excluding hydrogens is 422 g/mol. The highest BCUT2D eigenvalue weighted by molar-refractivity contribution is 5.99. The Hall–Kier alpha value is -4.07. The molecule has 0 aliphatic heterocycles. The van der Waals surface area contributed by atoms with E-state index in [2.05, 4.69) is 15.6 Å². The standard InChI is InChI=1S/C25H27N3O5/c1-16(2)22(28-25(31)33-15-17-9-5-4-6-10-17)23(29)27-21(24(30)32-3)13-18-14-26-20-12-8-7-11-19(18)20/h4-12,14,21,26H,13,15H2,1-3H3,(H,27,29)(H,28,31)/t21-/m0/s1. The van der Waals surface area contributed by atoms with Gasteiger partial charge >= 0.3 is 12.1 Å². The summed E-state index contributed by atoms with van der Waals surface area (Å²) in [6.45, 7) is 3.42. The van der Waals surface area contributed by atoms with Crippen molar-refractivity contribution >= 4 is 28.9 Å². The van der Waals surface area contributed by atoms with Crippen molar-refractivity contribution in [2.45, 2.75) is 32.9 Å². The number of ether oxygens (including phenoxy) is 2. The molecular formula is C25H27N3O5. The SMILES string of the molecule is COC(=O)[C@H](Cc1c[nH]c2ccccc12)NC(=O)C(NC(=O)OCc1ccccc1)=C(C)C. The molecule has 3 N–H and O–H groups in total. The van der Waals surface area contributed by atoms with Gasteiger partial charge in [-0.05, 0) is 36.6 Å². The Morgan fingerprint density at radius 1 is 1.00 bits per heavy atom. The number of methoxy groups -OCH3 is 1. The van der Waals surface area contributed by atoms with Crippen molar-refractivity contribution in [2.24, 2.45) is 0 Å². The van der Waals surface area contributed by atoms with Crippen molar-refractivity contribution in [3.63, 3.8) is 0 Å². The molecule has 33 heavy (non-hydrogen) atoms. The number of benzene rings is 2. The monoisotopic (exact) mass is 449 g/mol. The van der Waals surface area contributed by atoms with Crippen LogP contribution >= 0.6 is 0 Å². The highest BCUT2D eigenvalue weighted by Gasteiger charge is 2.26. The first-order valence-corrected chi connectivity index (χ1v) is 10.5. The zero-order valence-corrected chi connectivity index (χ0v) is 18.8. The summed E-state index contributed by atoms with van der Waals surface area (Å²) < 4.78 is 10.1. The Bertz CT molecular complexity index is 1160. The first-order chi connectivity index (χ1) is 15.9. The molecule has 0 radical (unpaired) electrons. The number of alkyl carbamates (subject to hydrolysis) is 1. The van der Waals surface area contributed by atoms with Gasteiger partial charge in [0, 0.05) is 23.5 Å². The van der Waals surface area contributed by atoms with Gasteiger partial charge in [-0.25, -0.2) is 9.59 Å². The highest BCUT2D eigenvalue weighted by atomic mass is 16.5. The number of para-hydroxylation sites is 1. The lowest BCUT2D eigenvalue weighted by Crippen LogP contribution is -2.46. The summed E-state index contributed by atoms with van der Waals surface area (Å²) in [5.41, 5.74) is 3.17. The number of aromatic nitrogens is 1. The normalized spacial score (nSPS) is 11.4. The van der Waals surface area contributed by atoms with Crippen LogP contribution in [-0.2, 0) is 32.1 Å². The molecule has 2 amide bonds. The van der Waals surface area contributed by atoms with Crippen LogP contribution in [0.25, 0.3) is 10.9 Å². The third-order valence-electron chi connectivity index (χ3n) is 5.06. The number of hydrogen-bond donors (Lipinski definition) is 3.